The number of nitrogens with zero attached hydrogens (tertiary/aromatic N) is 1. The number of hydrogen-bond donors (Lipinski definition) is 0. The van der Waals surface area contributed by atoms with E-state index >= 15 is 0 Å². The van der Waals surface area contributed by atoms with Crippen LogP contribution in [0.5, 0.6) is 0 Å². The smallest absolute Gasteiger partial charge is 0.0624 e. The van der Waals surface area contributed by atoms with Crippen LogP contribution in [-0.4, -0.2) is 0 Å². The van der Waals surface area contributed by atoms with Crippen molar-refractivity contribution >= 4 is 0 Å². The molecule has 0 aliphatic heterocycles. The molecule has 0 unspecified atom stereocenters. The summed E-state index contributed by atoms with van der Waals surface area (Å²) in [6.07, 6.45) is 17.5. The first-order chi connectivity index (χ1) is 6.91. The van der Waals surface area contributed by atoms with E-state index in [0.717, 1.165) is 25.7 Å². The molecule has 0 aromatic rings. The van der Waals surface area contributed by atoms with Gasteiger partial charge < -0.3 is 0 Å². The lowest BCUT2D eigenvalue weighted by Crippen LogP contribution is -1.65. The number of hydrogen-bond acceptors (Lipinski definition) is 1. The van der Waals surface area contributed by atoms with Gasteiger partial charge in [-0.1, -0.05) is 43.4 Å². The minimum absolute atomic E-state index is 0.624. The molecule has 0 saturated heterocycles. The highest BCUT2D eigenvalue weighted by Gasteiger charge is 1.76. The molecule has 14 heavy (non-hydrogen) atoms. The van der Waals surface area contributed by atoms with Gasteiger partial charge in [0.1, 0.15) is 0 Å². The Morgan fingerprint density at radius 2 is 1.50 bits per heavy atom. The molecule has 0 amide bonds. The largest absolute Gasteiger partial charge is 0.198 e. The van der Waals surface area contributed by atoms with E-state index in [4.69, 9.17) is 5.26 Å². The quantitative estimate of drug-likeness (QED) is 0.436. The van der Waals surface area contributed by atoms with E-state index in [9.17, 15) is 0 Å². The first kappa shape index (κ1) is 12.7. The predicted molar refractivity (Wildman–Crippen MR) is 61.8 cm³/mol. The lowest BCUT2D eigenvalue weighted by Gasteiger charge is -1.84. The first-order valence-corrected chi connectivity index (χ1v) is 5.23. The average Bonchev–Trinajstić information content (AvgIpc) is 2.21. The van der Waals surface area contributed by atoms with Gasteiger partial charge in [-0.2, -0.15) is 5.26 Å². The van der Waals surface area contributed by atoms with Crippen LogP contribution in [-0.2, 0) is 0 Å². The predicted octanol–water partition coefficient (Wildman–Crippen LogP) is 4.15. The molecule has 76 valence electrons. The van der Waals surface area contributed by atoms with Crippen molar-refractivity contribution in [3.8, 4) is 6.07 Å². The zero-order valence-electron chi connectivity index (χ0n) is 8.95. The van der Waals surface area contributed by atoms with Gasteiger partial charge in [-0.15, -0.1) is 0 Å². The molecule has 0 N–H and O–H groups in total. The number of unbranched alkanes of at least 4 members (excludes halogenated alkanes) is 1. The Kier molecular flexibility index (Phi) is 10.6. The van der Waals surface area contributed by atoms with Gasteiger partial charge in [-0.3, -0.25) is 0 Å². The molecule has 0 bridgehead atoms. The fourth-order valence-corrected chi connectivity index (χ4v) is 0.974. The van der Waals surface area contributed by atoms with Crippen LogP contribution in [0.2, 0.25) is 0 Å². The molecule has 0 spiro atoms. The first-order valence-electron chi connectivity index (χ1n) is 5.23. The standard InChI is InChI=1S/C13H19N/c1-2-3-4-5-6-7-8-9-10-11-12-13-14/h3-4,6-7,9-10H,2,5,8,11-12H2,1H3/b4-3+,7-6+,10-9+. The fraction of sp³-hybridized carbons (Fsp3) is 0.462. The van der Waals surface area contributed by atoms with Crippen molar-refractivity contribution in [2.75, 3.05) is 0 Å². The Morgan fingerprint density at radius 3 is 2.07 bits per heavy atom. The average molecular weight is 189 g/mol. The van der Waals surface area contributed by atoms with Gasteiger partial charge in [0.25, 0.3) is 0 Å². The van der Waals surface area contributed by atoms with Crippen molar-refractivity contribution in [1.82, 2.24) is 0 Å². The van der Waals surface area contributed by atoms with Crippen molar-refractivity contribution in [3.05, 3.63) is 36.5 Å². The number of nitriles is 1. The Labute approximate surface area is 87.4 Å². The highest BCUT2D eigenvalue weighted by Crippen LogP contribution is 1.94. The molecular formula is C13H19N. The van der Waals surface area contributed by atoms with E-state index in [1.165, 1.54) is 0 Å². The van der Waals surface area contributed by atoms with E-state index in [0.29, 0.717) is 6.42 Å². The SMILES string of the molecule is CC/C=C/C/C=C/C/C=C/CCC#N. The second kappa shape index (κ2) is 11.7. The maximum Gasteiger partial charge on any atom is 0.0624 e. The van der Waals surface area contributed by atoms with Crippen LogP contribution < -0.4 is 0 Å². The Morgan fingerprint density at radius 1 is 0.929 bits per heavy atom. The molecule has 0 aliphatic rings. The van der Waals surface area contributed by atoms with Crippen LogP contribution in [0.15, 0.2) is 36.5 Å². The third kappa shape index (κ3) is 10.7. The lowest BCUT2D eigenvalue weighted by atomic mass is 10.2. The summed E-state index contributed by atoms with van der Waals surface area (Å²) in [6, 6.07) is 2.11. The summed E-state index contributed by atoms with van der Waals surface area (Å²) < 4.78 is 0. The van der Waals surface area contributed by atoms with Crippen molar-refractivity contribution in [2.24, 2.45) is 0 Å². The van der Waals surface area contributed by atoms with E-state index in [1.807, 2.05) is 0 Å². The van der Waals surface area contributed by atoms with Crippen LogP contribution in [0, 0.1) is 11.3 Å². The van der Waals surface area contributed by atoms with Crippen LogP contribution in [0.4, 0.5) is 0 Å². The van der Waals surface area contributed by atoms with Crippen LogP contribution >= 0.6 is 0 Å². The van der Waals surface area contributed by atoms with Gasteiger partial charge in [0, 0.05) is 6.42 Å². The second-order valence-electron chi connectivity index (χ2n) is 2.99. The normalized spacial score (nSPS) is 11.7. The highest BCUT2D eigenvalue weighted by molar-refractivity contribution is 4.97. The molecule has 0 radical (unpaired) electrons. The summed E-state index contributed by atoms with van der Waals surface area (Å²) in [5.74, 6) is 0. The summed E-state index contributed by atoms with van der Waals surface area (Å²) >= 11 is 0. The maximum atomic E-state index is 8.28. The van der Waals surface area contributed by atoms with Crippen LogP contribution in [0.25, 0.3) is 0 Å². The Hall–Kier alpha value is -1.29. The molecule has 0 fully saturated rings. The van der Waals surface area contributed by atoms with Gasteiger partial charge in [0.2, 0.25) is 0 Å². The molecular weight excluding hydrogens is 170 g/mol. The lowest BCUT2D eigenvalue weighted by molar-refractivity contribution is 1.05. The van der Waals surface area contributed by atoms with Gasteiger partial charge in [-0.05, 0) is 25.7 Å². The van der Waals surface area contributed by atoms with Gasteiger partial charge in [0.15, 0.2) is 0 Å². The summed E-state index contributed by atoms with van der Waals surface area (Å²) in [6.45, 7) is 2.14. The molecule has 0 aromatic heterocycles. The van der Waals surface area contributed by atoms with E-state index < -0.39 is 0 Å². The molecule has 1 heteroatoms. The minimum Gasteiger partial charge on any atom is -0.198 e. The molecule has 0 saturated carbocycles. The Bertz CT molecular complexity index is 228. The van der Waals surface area contributed by atoms with Crippen LogP contribution in [0.3, 0.4) is 0 Å². The third-order valence-corrected chi connectivity index (χ3v) is 1.70. The topological polar surface area (TPSA) is 23.8 Å². The molecule has 0 aromatic carbocycles. The van der Waals surface area contributed by atoms with Gasteiger partial charge in [-0.25, -0.2) is 0 Å². The molecule has 0 aliphatic carbocycles. The molecule has 0 rings (SSSR count). The molecule has 1 nitrogen and oxygen atoms in total. The monoisotopic (exact) mass is 189 g/mol. The van der Waals surface area contributed by atoms with Crippen molar-refractivity contribution in [1.29, 1.82) is 5.26 Å². The van der Waals surface area contributed by atoms with Gasteiger partial charge in [0.05, 0.1) is 6.07 Å². The summed E-state index contributed by atoms with van der Waals surface area (Å²) in [7, 11) is 0. The van der Waals surface area contributed by atoms with Crippen molar-refractivity contribution in [3.63, 3.8) is 0 Å². The molecule has 0 atom stereocenters. The fourth-order valence-electron chi connectivity index (χ4n) is 0.974. The van der Waals surface area contributed by atoms with Gasteiger partial charge >= 0.3 is 0 Å². The zero-order valence-corrected chi connectivity index (χ0v) is 8.95. The summed E-state index contributed by atoms with van der Waals surface area (Å²) in [4.78, 5) is 0. The van der Waals surface area contributed by atoms with Crippen molar-refractivity contribution in [2.45, 2.75) is 39.0 Å². The summed E-state index contributed by atoms with van der Waals surface area (Å²) in [5.41, 5.74) is 0. The molecule has 0 heterocycles. The van der Waals surface area contributed by atoms with E-state index in [-0.39, 0.29) is 0 Å². The number of allylic oxidation sites excluding steroid dienone is 6. The van der Waals surface area contributed by atoms with E-state index in [1.54, 1.807) is 0 Å². The van der Waals surface area contributed by atoms with E-state index in [2.05, 4.69) is 49.4 Å². The summed E-state index contributed by atoms with van der Waals surface area (Å²) in [5, 5.41) is 8.28. The highest BCUT2D eigenvalue weighted by atomic mass is 14.2. The third-order valence-electron chi connectivity index (χ3n) is 1.70. The zero-order chi connectivity index (χ0) is 10.5. The second-order valence-corrected chi connectivity index (χ2v) is 2.99. The van der Waals surface area contributed by atoms with Crippen molar-refractivity contribution < 1.29 is 0 Å². The van der Waals surface area contributed by atoms with Crippen LogP contribution in [0.1, 0.15) is 39.0 Å². The minimum atomic E-state index is 0.624. The number of rotatable bonds is 7. The Balaban J connectivity index is 3.31. The maximum absolute atomic E-state index is 8.28.